The molecule has 1 aliphatic rings. The van der Waals surface area contributed by atoms with Gasteiger partial charge in [0.25, 0.3) is 0 Å². The molecule has 0 spiro atoms. The van der Waals surface area contributed by atoms with E-state index in [0.717, 1.165) is 13.1 Å². The third kappa shape index (κ3) is 4.68. The van der Waals surface area contributed by atoms with Crippen LogP contribution in [0.15, 0.2) is 0 Å². The largest absolute Gasteiger partial charge is 0.395 e. The summed E-state index contributed by atoms with van der Waals surface area (Å²) in [5.41, 5.74) is 5.12. The lowest BCUT2D eigenvalue weighted by Crippen LogP contribution is -2.51. The van der Waals surface area contributed by atoms with Crippen molar-refractivity contribution in [2.24, 2.45) is 5.73 Å². The van der Waals surface area contributed by atoms with E-state index in [1.165, 1.54) is 0 Å². The Hall–Kier alpha value is -1.18. The van der Waals surface area contributed by atoms with Gasteiger partial charge < -0.3 is 21.1 Å². The molecule has 1 rings (SSSR count). The van der Waals surface area contributed by atoms with Gasteiger partial charge in [-0.1, -0.05) is 0 Å². The van der Waals surface area contributed by atoms with Crippen LogP contribution in [0.25, 0.3) is 0 Å². The van der Waals surface area contributed by atoms with Crippen LogP contribution in [0.1, 0.15) is 0 Å². The Kier molecular flexibility index (Phi) is 5.88. The summed E-state index contributed by atoms with van der Waals surface area (Å²) in [5, 5.41) is 11.2. The van der Waals surface area contributed by atoms with Crippen LogP contribution < -0.4 is 11.1 Å². The van der Waals surface area contributed by atoms with E-state index in [1.54, 1.807) is 4.90 Å². The molecule has 0 aromatic heterocycles. The molecule has 0 saturated carbocycles. The monoisotopic (exact) mass is 244 g/mol. The Morgan fingerprint density at radius 1 is 1.24 bits per heavy atom. The van der Waals surface area contributed by atoms with Gasteiger partial charge in [-0.05, 0) is 0 Å². The molecule has 4 N–H and O–H groups in total. The molecule has 17 heavy (non-hydrogen) atoms. The zero-order valence-electron chi connectivity index (χ0n) is 9.89. The van der Waals surface area contributed by atoms with E-state index in [2.05, 4.69) is 10.2 Å². The molecule has 2 amide bonds. The molecule has 0 unspecified atom stereocenters. The Labute approximate surface area is 101 Å². The highest BCUT2D eigenvalue weighted by atomic mass is 16.3. The number of aliphatic hydroxyl groups is 1. The number of nitrogens with zero attached hydrogens (tertiary/aromatic N) is 2. The van der Waals surface area contributed by atoms with E-state index in [0.29, 0.717) is 19.6 Å². The van der Waals surface area contributed by atoms with Gasteiger partial charge in [0, 0.05) is 32.7 Å². The van der Waals surface area contributed by atoms with Crippen molar-refractivity contribution in [3.05, 3.63) is 0 Å². The van der Waals surface area contributed by atoms with Gasteiger partial charge in [0.15, 0.2) is 0 Å². The fourth-order valence-corrected chi connectivity index (χ4v) is 1.72. The highest BCUT2D eigenvalue weighted by molar-refractivity contribution is 5.85. The smallest absolute Gasteiger partial charge is 0.242 e. The number of aliphatic hydroxyl groups excluding tert-OH is 1. The second kappa shape index (κ2) is 7.21. The number of piperazine rings is 1. The fourth-order valence-electron chi connectivity index (χ4n) is 1.72. The minimum Gasteiger partial charge on any atom is -0.395 e. The molecule has 1 fully saturated rings. The average Bonchev–Trinajstić information content (AvgIpc) is 2.36. The van der Waals surface area contributed by atoms with Crippen LogP contribution in [-0.4, -0.2) is 79.1 Å². The highest BCUT2D eigenvalue weighted by Crippen LogP contribution is 2.01. The second-order valence-corrected chi connectivity index (χ2v) is 3.93. The van der Waals surface area contributed by atoms with Crippen molar-refractivity contribution >= 4 is 11.8 Å². The summed E-state index contributed by atoms with van der Waals surface area (Å²) in [5.74, 6) is -0.410. The van der Waals surface area contributed by atoms with Crippen LogP contribution in [-0.2, 0) is 9.59 Å². The normalized spacial score (nSPS) is 16.9. The third-order valence-corrected chi connectivity index (χ3v) is 2.76. The van der Waals surface area contributed by atoms with Gasteiger partial charge in [0.2, 0.25) is 11.8 Å². The predicted octanol–water partition coefficient (Wildman–Crippen LogP) is -2.80. The van der Waals surface area contributed by atoms with Gasteiger partial charge in [0.05, 0.1) is 19.7 Å². The van der Waals surface area contributed by atoms with Crippen LogP contribution in [0.4, 0.5) is 0 Å². The van der Waals surface area contributed by atoms with E-state index >= 15 is 0 Å². The zero-order chi connectivity index (χ0) is 12.7. The van der Waals surface area contributed by atoms with E-state index in [-0.39, 0.29) is 31.5 Å². The van der Waals surface area contributed by atoms with Crippen LogP contribution in [0, 0.1) is 0 Å². The Bertz CT molecular complexity index is 264. The molecule has 0 atom stereocenters. The molecule has 0 aliphatic carbocycles. The van der Waals surface area contributed by atoms with Crippen LogP contribution in [0.5, 0.6) is 0 Å². The number of nitrogens with two attached hydrogens (primary N) is 1. The van der Waals surface area contributed by atoms with Crippen molar-refractivity contribution < 1.29 is 14.7 Å². The van der Waals surface area contributed by atoms with E-state index in [9.17, 15) is 9.59 Å². The minimum absolute atomic E-state index is 0.00995. The maximum Gasteiger partial charge on any atom is 0.242 e. The molecule has 7 nitrogen and oxygen atoms in total. The predicted molar refractivity (Wildman–Crippen MR) is 62.2 cm³/mol. The Balaban J connectivity index is 2.23. The molecule has 0 aromatic carbocycles. The lowest BCUT2D eigenvalue weighted by Gasteiger charge is -2.34. The topological polar surface area (TPSA) is 98.9 Å². The summed E-state index contributed by atoms with van der Waals surface area (Å²) in [6.07, 6.45) is 0. The number of carbonyl (C=O) groups is 2. The maximum absolute atomic E-state index is 11.7. The highest BCUT2D eigenvalue weighted by Gasteiger charge is 2.20. The summed E-state index contributed by atoms with van der Waals surface area (Å²) in [4.78, 5) is 26.4. The van der Waals surface area contributed by atoms with Crippen LogP contribution >= 0.6 is 0 Å². The molecule has 0 aromatic rings. The molecular weight excluding hydrogens is 224 g/mol. The Morgan fingerprint density at radius 2 is 1.88 bits per heavy atom. The van der Waals surface area contributed by atoms with Crippen molar-refractivity contribution in [1.82, 2.24) is 15.1 Å². The molecule has 0 radical (unpaired) electrons. The van der Waals surface area contributed by atoms with Crippen molar-refractivity contribution in [1.29, 1.82) is 0 Å². The van der Waals surface area contributed by atoms with E-state index in [1.807, 2.05) is 0 Å². The van der Waals surface area contributed by atoms with Gasteiger partial charge in [0.1, 0.15) is 0 Å². The summed E-state index contributed by atoms with van der Waals surface area (Å²) in [6.45, 7) is 3.49. The minimum atomic E-state index is -0.322. The summed E-state index contributed by atoms with van der Waals surface area (Å²) in [7, 11) is 0. The number of hydrogen-bond donors (Lipinski definition) is 3. The molecule has 1 saturated heterocycles. The second-order valence-electron chi connectivity index (χ2n) is 3.93. The number of amides is 2. The van der Waals surface area contributed by atoms with Gasteiger partial charge in [-0.15, -0.1) is 0 Å². The third-order valence-electron chi connectivity index (χ3n) is 2.76. The van der Waals surface area contributed by atoms with Gasteiger partial charge in [-0.2, -0.15) is 0 Å². The lowest BCUT2D eigenvalue weighted by molar-refractivity contribution is -0.134. The average molecular weight is 244 g/mol. The molecule has 0 bridgehead atoms. The summed E-state index contributed by atoms with van der Waals surface area (Å²) >= 11 is 0. The summed E-state index contributed by atoms with van der Waals surface area (Å²) < 4.78 is 0. The number of carbonyl (C=O) groups excluding carboxylic acids is 2. The molecule has 1 aliphatic heterocycles. The van der Waals surface area contributed by atoms with Crippen LogP contribution in [0.2, 0.25) is 0 Å². The molecule has 98 valence electrons. The van der Waals surface area contributed by atoms with Crippen molar-refractivity contribution in [3.8, 4) is 0 Å². The first kappa shape index (κ1) is 13.9. The fraction of sp³-hybridized carbons (Fsp3) is 0.800. The Morgan fingerprint density at radius 3 is 2.41 bits per heavy atom. The molecular formula is C10H20N4O3. The van der Waals surface area contributed by atoms with Gasteiger partial charge in [-0.3, -0.25) is 14.5 Å². The van der Waals surface area contributed by atoms with Gasteiger partial charge in [-0.25, -0.2) is 0 Å². The van der Waals surface area contributed by atoms with Crippen molar-refractivity contribution in [3.63, 3.8) is 0 Å². The molecule has 1 heterocycles. The first-order valence-electron chi connectivity index (χ1n) is 5.75. The number of hydrogen-bond acceptors (Lipinski definition) is 5. The first-order chi connectivity index (χ1) is 8.17. The zero-order valence-corrected chi connectivity index (χ0v) is 9.89. The van der Waals surface area contributed by atoms with Crippen LogP contribution in [0.3, 0.4) is 0 Å². The standard InChI is InChI=1S/C10H20N4O3/c11-7-9(16)12-8-10(17)14-3-1-13(2-4-14)5-6-15/h15H,1-8,11H2,(H,12,16). The quantitative estimate of drug-likeness (QED) is 0.485. The van der Waals surface area contributed by atoms with Crippen molar-refractivity contribution in [2.45, 2.75) is 0 Å². The maximum atomic E-state index is 11.7. The number of rotatable bonds is 5. The van der Waals surface area contributed by atoms with Crippen molar-refractivity contribution in [2.75, 3.05) is 52.4 Å². The SMILES string of the molecule is NCC(=O)NCC(=O)N1CCN(CCO)CC1. The first-order valence-corrected chi connectivity index (χ1v) is 5.75. The lowest BCUT2D eigenvalue weighted by atomic mass is 10.3. The summed E-state index contributed by atoms with van der Waals surface area (Å²) in [6, 6.07) is 0. The molecule has 7 heteroatoms. The number of β-amino-alcohol motifs (C(OH)–C–C–N with tert-alkyl or cyclic N) is 1. The van der Waals surface area contributed by atoms with E-state index in [4.69, 9.17) is 10.8 Å². The number of nitrogens with one attached hydrogen (secondary N) is 1. The van der Waals surface area contributed by atoms with Gasteiger partial charge >= 0.3 is 0 Å². The van der Waals surface area contributed by atoms with E-state index < -0.39 is 0 Å².